The maximum absolute atomic E-state index is 12.8. The lowest BCUT2D eigenvalue weighted by molar-refractivity contribution is 0.0992. The Morgan fingerprint density at radius 3 is 2.56 bits per heavy atom. The lowest BCUT2D eigenvalue weighted by Gasteiger charge is -2.24. The van der Waals surface area contributed by atoms with E-state index in [4.69, 9.17) is 16.3 Å². The van der Waals surface area contributed by atoms with Gasteiger partial charge >= 0.3 is 5.91 Å². The van der Waals surface area contributed by atoms with Crippen LogP contribution in [0.5, 0.6) is 5.75 Å². The first-order chi connectivity index (χ1) is 20.9. The molecule has 1 aliphatic rings. The van der Waals surface area contributed by atoms with E-state index < -0.39 is 16.8 Å². The summed E-state index contributed by atoms with van der Waals surface area (Å²) in [6.45, 7) is 3.29. The molecule has 3 aromatic carbocycles. The van der Waals surface area contributed by atoms with Crippen molar-refractivity contribution in [3.8, 4) is 5.75 Å². The molecule has 0 spiro atoms. The Balaban J connectivity index is 1.46. The topological polar surface area (TPSA) is 144 Å². The van der Waals surface area contributed by atoms with E-state index in [2.05, 4.69) is 35.3 Å². The number of fused-ring (bicyclic) bond motifs is 1. The number of anilines is 4. The number of amides is 1. The Labute approximate surface area is 255 Å². The molecular formula is C29H30ClN8O4S+. The first-order valence-corrected chi connectivity index (χ1v) is 15.2. The molecule has 4 aromatic rings. The fraction of sp³-hybridized carbons (Fsp3) is 0.276. The number of hydrogen-bond acceptors (Lipinski definition) is 9. The zero-order chi connectivity index (χ0) is 30.2. The number of nitrogens with one attached hydrogen (secondary N) is 1. The zero-order valence-electron chi connectivity index (χ0n) is 23.4. The monoisotopic (exact) mass is 621 g/mol. The first-order valence-electron chi connectivity index (χ1n) is 13.7. The van der Waals surface area contributed by atoms with Gasteiger partial charge in [0.1, 0.15) is 17.4 Å². The van der Waals surface area contributed by atoms with Crippen LogP contribution in [0, 0.1) is 0 Å². The normalized spacial score (nSPS) is 13.4. The molecule has 1 aliphatic heterocycles. The molecule has 1 saturated heterocycles. The Bertz CT molecular complexity index is 1760. The SMILES string of the molecule is COc1ccc(Cl)c(Nc2nc3ccccc3nc2N(c2cccc(C(=O)N=[N+]=NCCN3CCCCC3)c2)[SH](=O)=O)c1. The highest BCUT2D eigenvalue weighted by atomic mass is 35.5. The summed E-state index contributed by atoms with van der Waals surface area (Å²) < 4.78 is 31.8. The number of likely N-dealkylation sites (tertiary alicyclic amines) is 1. The second-order valence-electron chi connectivity index (χ2n) is 9.72. The molecule has 0 atom stereocenters. The van der Waals surface area contributed by atoms with E-state index in [1.807, 2.05) is 0 Å². The molecule has 1 amide bonds. The van der Waals surface area contributed by atoms with Gasteiger partial charge in [0.25, 0.3) is 0 Å². The fourth-order valence-corrected chi connectivity index (χ4v) is 5.46. The highest BCUT2D eigenvalue weighted by Crippen LogP contribution is 2.36. The molecule has 1 aromatic heterocycles. The minimum atomic E-state index is -3.29. The third-order valence-corrected chi connectivity index (χ3v) is 7.92. The van der Waals surface area contributed by atoms with Crippen LogP contribution in [0.4, 0.5) is 23.0 Å². The van der Waals surface area contributed by atoms with E-state index in [0.717, 1.165) is 23.9 Å². The predicted octanol–water partition coefficient (Wildman–Crippen LogP) is 5.30. The maximum Gasteiger partial charge on any atom is 0.360 e. The number of aromatic nitrogens is 2. The van der Waals surface area contributed by atoms with Crippen molar-refractivity contribution in [1.29, 1.82) is 0 Å². The van der Waals surface area contributed by atoms with E-state index in [0.29, 0.717) is 34.0 Å². The average Bonchev–Trinajstić information content (AvgIpc) is 3.02. The number of carbonyl (C=O) groups is 1. The van der Waals surface area contributed by atoms with Crippen LogP contribution in [0.15, 0.2) is 77.0 Å². The van der Waals surface area contributed by atoms with Gasteiger partial charge < -0.3 is 15.0 Å². The van der Waals surface area contributed by atoms with Crippen molar-refractivity contribution in [1.82, 2.24) is 19.8 Å². The molecule has 12 nitrogen and oxygen atoms in total. The summed E-state index contributed by atoms with van der Waals surface area (Å²) in [5.74, 6) is -0.0204. The van der Waals surface area contributed by atoms with Crippen molar-refractivity contribution in [2.75, 3.05) is 42.9 Å². The van der Waals surface area contributed by atoms with Crippen LogP contribution in [0.3, 0.4) is 0 Å². The van der Waals surface area contributed by atoms with Crippen LogP contribution in [0.2, 0.25) is 5.02 Å². The van der Waals surface area contributed by atoms with Crippen LogP contribution in [-0.2, 0) is 10.9 Å². The number of hydrogen-bond donors (Lipinski definition) is 2. The Morgan fingerprint density at radius 2 is 1.81 bits per heavy atom. The molecular weight excluding hydrogens is 592 g/mol. The van der Waals surface area contributed by atoms with Crippen LogP contribution >= 0.6 is 11.6 Å². The van der Waals surface area contributed by atoms with E-state index in [9.17, 15) is 13.2 Å². The van der Waals surface area contributed by atoms with Gasteiger partial charge in [0.2, 0.25) is 20.9 Å². The highest BCUT2D eigenvalue weighted by Gasteiger charge is 2.23. The van der Waals surface area contributed by atoms with Crippen LogP contribution < -0.4 is 19.3 Å². The summed E-state index contributed by atoms with van der Waals surface area (Å²) in [7, 11) is -1.77. The van der Waals surface area contributed by atoms with Crippen molar-refractivity contribution >= 4 is 62.4 Å². The molecule has 43 heavy (non-hydrogen) atoms. The van der Waals surface area contributed by atoms with Crippen molar-refractivity contribution in [3.05, 3.63) is 77.3 Å². The lowest BCUT2D eigenvalue weighted by Crippen LogP contribution is -2.31. The standard InChI is InChI=1S/C29H29ClN8O4S/c1-42-22-12-13-23(30)26(19-22)33-27-28(34-25-11-4-3-10-24(25)32-27)38(43(40)41)21-9-7-8-20(18-21)29(39)35-36-31-14-17-37-15-5-2-6-16-37/h3-4,7-13,18-19,43H,2,5-6,14-17H2,1H3/p+1. The number of rotatable bonds is 10. The number of thiol groups is 1. The lowest BCUT2D eigenvalue weighted by atomic mass is 10.1. The van der Waals surface area contributed by atoms with Gasteiger partial charge in [-0.2, -0.15) is 0 Å². The van der Waals surface area contributed by atoms with Gasteiger partial charge in [0, 0.05) is 12.6 Å². The number of methoxy groups -OCH3 is 1. The number of piperidine rings is 1. The van der Waals surface area contributed by atoms with E-state index in [1.165, 1.54) is 38.5 Å². The van der Waals surface area contributed by atoms with Crippen LogP contribution in [0.1, 0.15) is 29.6 Å². The summed E-state index contributed by atoms with van der Waals surface area (Å²) in [5.41, 5.74) is 1.72. The molecule has 5 rings (SSSR count). The molecule has 2 heterocycles. The molecule has 1 N–H and O–H groups in total. The van der Waals surface area contributed by atoms with E-state index in [-0.39, 0.29) is 22.9 Å². The van der Waals surface area contributed by atoms with Crippen molar-refractivity contribution in [2.24, 2.45) is 10.2 Å². The van der Waals surface area contributed by atoms with Gasteiger partial charge in [-0.3, -0.25) is 4.79 Å². The number of nitrogens with zero attached hydrogens (tertiary/aromatic N) is 7. The first kappa shape index (κ1) is 30.1. The second-order valence-corrected chi connectivity index (χ2v) is 11.0. The molecule has 0 bridgehead atoms. The van der Waals surface area contributed by atoms with Crippen molar-refractivity contribution in [2.45, 2.75) is 19.3 Å². The summed E-state index contributed by atoms with van der Waals surface area (Å²) >= 11 is 6.42. The third kappa shape index (κ3) is 7.51. The smallest absolute Gasteiger partial charge is 0.360 e. The van der Waals surface area contributed by atoms with Gasteiger partial charge in [-0.05, 0) is 68.4 Å². The van der Waals surface area contributed by atoms with E-state index in [1.54, 1.807) is 54.6 Å². The van der Waals surface area contributed by atoms with Gasteiger partial charge in [-0.15, -0.1) is 0 Å². The highest BCUT2D eigenvalue weighted by molar-refractivity contribution is 7.74. The summed E-state index contributed by atoms with van der Waals surface area (Å²) in [5, 5.41) is 11.2. The van der Waals surface area contributed by atoms with Crippen molar-refractivity contribution in [3.63, 3.8) is 0 Å². The Hall–Kier alpha value is -4.42. The molecule has 0 unspecified atom stereocenters. The van der Waals surface area contributed by atoms with Gasteiger partial charge in [-0.25, -0.2) is 22.7 Å². The summed E-state index contributed by atoms with van der Waals surface area (Å²) in [6.07, 6.45) is 3.61. The van der Waals surface area contributed by atoms with Crippen LogP contribution in [-0.4, -0.2) is 62.5 Å². The maximum atomic E-state index is 12.8. The molecule has 1 fully saturated rings. The predicted molar refractivity (Wildman–Crippen MR) is 166 cm³/mol. The number of benzene rings is 3. The largest absolute Gasteiger partial charge is 0.497 e. The third-order valence-electron chi connectivity index (χ3n) is 6.84. The number of carbonyl (C=O) groups excluding carboxylic acids is 1. The Morgan fingerprint density at radius 1 is 1.05 bits per heavy atom. The van der Waals surface area contributed by atoms with Crippen molar-refractivity contribution < 1.29 is 17.9 Å². The minimum Gasteiger partial charge on any atom is -0.497 e. The van der Waals surface area contributed by atoms with Gasteiger partial charge in [0.05, 0.1) is 40.1 Å². The number of halogens is 1. The minimum absolute atomic E-state index is 0.0207. The molecule has 0 radical (unpaired) electrons. The number of para-hydroxylation sites is 2. The molecule has 14 heteroatoms. The number of ether oxygens (including phenoxy) is 1. The fourth-order valence-electron chi connectivity index (χ4n) is 4.69. The summed E-state index contributed by atoms with van der Waals surface area (Å²) in [4.78, 5) is 28.1. The second kappa shape index (κ2) is 14.2. The Kier molecular flexibility index (Phi) is 9.90. The molecule has 0 saturated carbocycles. The zero-order valence-corrected chi connectivity index (χ0v) is 25.0. The average molecular weight is 622 g/mol. The van der Waals surface area contributed by atoms with Gasteiger partial charge in [-0.1, -0.05) is 36.2 Å². The summed E-state index contributed by atoms with van der Waals surface area (Å²) in [6, 6.07) is 18.1. The quantitative estimate of drug-likeness (QED) is 0.138. The van der Waals surface area contributed by atoms with E-state index >= 15 is 0 Å². The molecule has 0 aliphatic carbocycles. The van der Waals surface area contributed by atoms with Gasteiger partial charge in [0.15, 0.2) is 11.6 Å². The van der Waals surface area contributed by atoms with Crippen LogP contribution in [0.25, 0.3) is 11.0 Å². The molecule has 222 valence electrons.